The first-order valence-electron chi connectivity index (χ1n) is 10.2. The SMILES string of the molecule is Cc1nc(-c2ccccc2)nc(Nc2ccnc(NCCc3ccccn3)c2)c1C(N)=O. The zero-order chi connectivity index (χ0) is 22.3. The van der Waals surface area contributed by atoms with Crippen molar-refractivity contribution in [3.63, 3.8) is 0 Å². The van der Waals surface area contributed by atoms with Gasteiger partial charge >= 0.3 is 0 Å². The van der Waals surface area contributed by atoms with Gasteiger partial charge in [-0.05, 0) is 25.1 Å². The minimum Gasteiger partial charge on any atom is -0.370 e. The summed E-state index contributed by atoms with van der Waals surface area (Å²) in [6.45, 7) is 2.43. The quantitative estimate of drug-likeness (QED) is 0.393. The summed E-state index contributed by atoms with van der Waals surface area (Å²) in [6, 6.07) is 19.1. The summed E-state index contributed by atoms with van der Waals surface area (Å²) in [6.07, 6.45) is 4.24. The predicted octanol–water partition coefficient (Wildman–Crippen LogP) is 3.74. The Balaban J connectivity index is 1.56. The smallest absolute Gasteiger partial charge is 0.254 e. The average Bonchev–Trinajstić information content (AvgIpc) is 2.80. The number of pyridine rings is 2. The minimum absolute atomic E-state index is 0.256. The highest BCUT2D eigenvalue weighted by Gasteiger charge is 2.17. The number of benzene rings is 1. The van der Waals surface area contributed by atoms with Gasteiger partial charge in [0.2, 0.25) is 0 Å². The van der Waals surface area contributed by atoms with E-state index in [0.717, 1.165) is 23.4 Å². The molecule has 1 amide bonds. The molecule has 0 radical (unpaired) electrons. The number of aryl methyl sites for hydroxylation is 1. The van der Waals surface area contributed by atoms with Gasteiger partial charge in [0, 0.05) is 48.4 Å². The van der Waals surface area contributed by atoms with Gasteiger partial charge in [-0.15, -0.1) is 0 Å². The van der Waals surface area contributed by atoms with Gasteiger partial charge in [-0.3, -0.25) is 9.78 Å². The highest BCUT2D eigenvalue weighted by Crippen LogP contribution is 2.25. The standard InChI is InChI=1S/C24H23N7O/c1-16-21(22(25)32)24(31-23(29-16)17-7-3-2-4-8-17)30-19-11-14-28-20(15-19)27-13-10-18-9-5-6-12-26-18/h2-9,11-12,14-15H,10,13H2,1H3,(H2,25,32)(H2,27,28,29,30,31). The molecule has 160 valence electrons. The number of aromatic nitrogens is 4. The van der Waals surface area contributed by atoms with Gasteiger partial charge in [0.25, 0.3) is 5.91 Å². The third-order valence-corrected chi connectivity index (χ3v) is 4.80. The Hall–Kier alpha value is -4.33. The molecule has 32 heavy (non-hydrogen) atoms. The van der Waals surface area contributed by atoms with Crippen molar-refractivity contribution in [1.82, 2.24) is 19.9 Å². The summed E-state index contributed by atoms with van der Waals surface area (Å²) >= 11 is 0. The first-order chi connectivity index (χ1) is 15.6. The van der Waals surface area contributed by atoms with E-state index in [2.05, 4.69) is 30.6 Å². The number of primary amides is 1. The summed E-state index contributed by atoms with van der Waals surface area (Å²) in [5.74, 6) is 0.973. The summed E-state index contributed by atoms with van der Waals surface area (Å²) in [4.78, 5) is 29.8. The van der Waals surface area contributed by atoms with Gasteiger partial charge in [0.1, 0.15) is 17.2 Å². The van der Waals surface area contributed by atoms with Crippen molar-refractivity contribution in [2.24, 2.45) is 5.73 Å². The van der Waals surface area contributed by atoms with E-state index in [9.17, 15) is 4.79 Å². The van der Waals surface area contributed by atoms with Crippen LogP contribution in [0.3, 0.4) is 0 Å². The second-order valence-corrected chi connectivity index (χ2v) is 7.14. The zero-order valence-electron chi connectivity index (χ0n) is 17.6. The second kappa shape index (κ2) is 9.65. The third-order valence-electron chi connectivity index (χ3n) is 4.80. The van der Waals surface area contributed by atoms with Crippen molar-refractivity contribution in [1.29, 1.82) is 0 Å². The normalized spacial score (nSPS) is 10.5. The predicted molar refractivity (Wildman–Crippen MR) is 125 cm³/mol. The number of nitrogens with two attached hydrogens (primary N) is 1. The van der Waals surface area contributed by atoms with Gasteiger partial charge in [-0.25, -0.2) is 15.0 Å². The van der Waals surface area contributed by atoms with Gasteiger partial charge in [0.15, 0.2) is 5.82 Å². The van der Waals surface area contributed by atoms with Gasteiger partial charge in [0.05, 0.1) is 5.69 Å². The molecule has 0 fully saturated rings. The van der Waals surface area contributed by atoms with Crippen LogP contribution in [0.1, 0.15) is 21.7 Å². The van der Waals surface area contributed by atoms with Crippen LogP contribution in [0.5, 0.6) is 0 Å². The molecule has 0 saturated carbocycles. The molecule has 0 aliphatic carbocycles. The number of nitrogens with zero attached hydrogens (tertiary/aromatic N) is 4. The number of hydrogen-bond acceptors (Lipinski definition) is 7. The topological polar surface area (TPSA) is 119 Å². The lowest BCUT2D eigenvalue weighted by atomic mass is 10.1. The first kappa shape index (κ1) is 20.9. The van der Waals surface area contributed by atoms with E-state index in [-0.39, 0.29) is 5.56 Å². The van der Waals surface area contributed by atoms with Crippen LogP contribution in [0.2, 0.25) is 0 Å². The highest BCUT2D eigenvalue weighted by molar-refractivity contribution is 5.99. The maximum Gasteiger partial charge on any atom is 0.254 e. The molecule has 8 heteroatoms. The molecule has 0 unspecified atom stereocenters. The molecule has 4 aromatic rings. The van der Waals surface area contributed by atoms with E-state index in [1.807, 2.05) is 54.6 Å². The van der Waals surface area contributed by atoms with Crippen LogP contribution in [-0.4, -0.2) is 32.4 Å². The Morgan fingerprint density at radius 1 is 0.969 bits per heavy atom. The van der Waals surface area contributed by atoms with Crippen molar-refractivity contribution in [2.75, 3.05) is 17.2 Å². The van der Waals surface area contributed by atoms with Gasteiger partial charge in [-0.2, -0.15) is 0 Å². The largest absolute Gasteiger partial charge is 0.370 e. The maximum atomic E-state index is 12.1. The molecule has 0 aliphatic heterocycles. The molecule has 0 bridgehead atoms. The Kier molecular flexibility index (Phi) is 6.31. The third kappa shape index (κ3) is 5.04. The lowest BCUT2D eigenvalue weighted by Gasteiger charge is -2.14. The van der Waals surface area contributed by atoms with Crippen LogP contribution < -0.4 is 16.4 Å². The van der Waals surface area contributed by atoms with Crippen LogP contribution in [0.4, 0.5) is 17.3 Å². The first-order valence-corrected chi connectivity index (χ1v) is 10.2. The Morgan fingerprint density at radius 3 is 2.53 bits per heavy atom. The number of amides is 1. The Bertz CT molecular complexity index is 1210. The lowest BCUT2D eigenvalue weighted by molar-refractivity contribution is 0.1000. The minimum atomic E-state index is -0.590. The van der Waals surface area contributed by atoms with Crippen molar-refractivity contribution in [2.45, 2.75) is 13.3 Å². The van der Waals surface area contributed by atoms with Crippen molar-refractivity contribution < 1.29 is 4.79 Å². The number of nitrogens with one attached hydrogen (secondary N) is 2. The lowest BCUT2D eigenvalue weighted by Crippen LogP contribution is -2.18. The van der Waals surface area contributed by atoms with Crippen molar-refractivity contribution in [3.8, 4) is 11.4 Å². The summed E-state index contributed by atoms with van der Waals surface area (Å²) < 4.78 is 0. The molecule has 4 rings (SSSR count). The molecule has 0 saturated heterocycles. The highest BCUT2D eigenvalue weighted by atomic mass is 16.1. The molecule has 4 N–H and O–H groups in total. The number of carbonyl (C=O) groups is 1. The van der Waals surface area contributed by atoms with Crippen LogP contribution >= 0.6 is 0 Å². The molecule has 1 aromatic carbocycles. The van der Waals surface area contributed by atoms with Crippen molar-refractivity contribution >= 4 is 23.2 Å². The maximum absolute atomic E-state index is 12.1. The van der Waals surface area contributed by atoms with E-state index in [0.29, 0.717) is 29.7 Å². The molecule has 8 nitrogen and oxygen atoms in total. The zero-order valence-corrected chi connectivity index (χ0v) is 17.6. The number of carbonyl (C=O) groups excluding carboxylic acids is 1. The molecule has 0 aliphatic rings. The fourth-order valence-electron chi connectivity index (χ4n) is 3.28. The monoisotopic (exact) mass is 425 g/mol. The van der Waals surface area contributed by atoms with E-state index in [4.69, 9.17) is 5.73 Å². The summed E-state index contributed by atoms with van der Waals surface area (Å²) in [5.41, 5.74) is 8.96. The molecule has 0 spiro atoms. The fourth-order valence-corrected chi connectivity index (χ4v) is 3.28. The van der Waals surface area contributed by atoms with Crippen molar-refractivity contribution in [3.05, 3.63) is 90.0 Å². The molecule has 0 atom stereocenters. The van der Waals surface area contributed by atoms with E-state index in [1.54, 1.807) is 25.4 Å². The molecular formula is C24H23N7O. The van der Waals surface area contributed by atoms with E-state index >= 15 is 0 Å². The molecule has 3 aromatic heterocycles. The molecule has 3 heterocycles. The second-order valence-electron chi connectivity index (χ2n) is 7.14. The van der Waals surface area contributed by atoms with E-state index < -0.39 is 5.91 Å². The summed E-state index contributed by atoms with van der Waals surface area (Å²) in [7, 11) is 0. The van der Waals surface area contributed by atoms with Crippen LogP contribution in [0.15, 0.2) is 73.1 Å². The summed E-state index contributed by atoms with van der Waals surface area (Å²) in [5, 5.41) is 6.50. The number of hydrogen-bond donors (Lipinski definition) is 3. The van der Waals surface area contributed by atoms with Crippen LogP contribution in [0.25, 0.3) is 11.4 Å². The van der Waals surface area contributed by atoms with Gasteiger partial charge < -0.3 is 16.4 Å². The number of rotatable bonds is 8. The van der Waals surface area contributed by atoms with Gasteiger partial charge in [-0.1, -0.05) is 36.4 Å². The Labute approximate surface area is 186 Å². The fraction of sp³-hybridized carbons (Fsp3) is 0.125. The van der Waals surface area contributed by atoms with Crippen LogP contribution in [-0.2, 0) is 6.42 Å². The average molecular weight is 425 g/mol. The van der Waals surface area contributed by atoms with E-state index in [1.165, 1.54) is 0 Å². The Morgan fingerprint density at radius 2 is 1.78 bits per heavy atom. The van der Waals surface area contributed by atoms with Crippen LogP contribution in [0, 0.1) is 6.92 Å². The number of anilines is 3. The molecular weight excluding hydrogens is 402 g/mol.